The summed E-state index contributed by atoms with van der Waals surface area (Å²) in [6.07, 6.45) is 4.28. The highest BCUT2D eigenvalue weighted by atomic mass is 35.5. The molecule has 1 aromatic carbocycles. The zero-order valence-electron chi connectivity index (χ0n) is 18.0. The predicted octanol–water partition coefficient (Wildman–Crippen LogP) is 3.44. The number of aromatic nitrogens is 2. The summed E-state index contributed by atoms with van der Waals surface area (Å²) in [5, 5.41) is 10.0. The van der Waals surface area contributed by atoms with Gasteiger partial charge in [0.1, 0.15) is 11.6 Å². The van der Waals surface area contributed by atoms with Crippen molar-refractivity contribution in [2.45, 2.75) is 63.5 Å². The van der Waals surface area contributed by atoms with Crippen LogP contribution >= 0.6 is 11.6 Å². The van der Waals surface area contributed by atoms with Crippen LogP contribution in [0.3, 0.4) is 0 Å². The van der Waals surface area contributed by atoms with Crippen LogP contribution in [0.2, 0.25) is 5.02 Å². The quantitative estimate of drug-likeness (QED) is 0.650. The first-order chi connectivity index (χ1) is 15.2. The summed E-state index contributed by atoms with van der Waals surface area (Å²) in [7, 11) is 0. The van der Waals surface area contributed by atoms with Gasteiger partial charge in [-0.2, -0.15) is 4.98 Å². The third-order valence-corrected chi connectivity index (χ3v) is 7.05. The van der Waals surface area contributed by atoms with Gasteiger partial charge in [-0.25, -0.2) is 4.39 Å². The number of nitrogens with zero attached hydrogens (tertiary/aromatic N) is 2. The maximum absolute atomic E-state index is 13.5. The van der Waals surface area contributed by atoms with Crippen molar-refractivity contribution in [1.29, 1.82) is 0 Å². The van der Waals surface area contributed by atoms with Crippen LogP contribution in [0.4, 0.5) is 4.39 Å². The van der Waals surface area contributed by atoms with Crippen molar-refractivity contribution in [3.8, 4) is 5.75 Å². The van der Waals surface area contributed by atoms with Crippen molar-refractivity contribution in [1.82, 2.24) is 20.8 Å². The van der Waals surface area contributed by atoms with Gasteiger partial charge in [-0.1, -0.05) is 30.6 Å². The van der Waals surface area contributed by atoms with E-state index < -0.39 is 5.82 Å². The molecule has 1 heterocycles. The molecular formula is C22H26ClFN4O4. The van der Waals surface area contributed by atoms with E-state index in [1.54, 1.807) is 0 Å². The van der Waals surface area contributed by atoms with Crippen molar-refractivity contribution in [2.75, 3.05) is 6.61 Å². The highest BCUT2D eigenvalue weighted by Crippen LogP contribution is 2.50. The molecular weight excluding hydrogens is 439 g/mol. The van der Waals surface area contributed by atoms with Crippen molar-refractivity contribution < 1.29 is 23.2 Å². The van der Waals surface area contributed by atoms with Crippen molar-refractivity contribution in [2.24, 2.45) is 5.92 Å². The van der Waals surface area contributed by atoms with Gasteiger partial charge in [0.2, 0.25) is 0 Å². The van der Waals surface area contributed by atoms with Gasteiger partial charge in [0.15, 0.2) is 12.4 Å². The van der Waals surface area contributed by atoms with Gasteiger partial charge >= 0.3 is 11.8 Å². The number of halogens is 2. The molecule has 10 heteroatoms. The first-order valence-electron chi connectivity index (χ1n) is 10.8. The van der Waals surface area contributed by atoms with Crippen LogP contribution in [0, 0.1) is 11.7 Å². The van der Waals surface area contributed by atoms with E-state index in [-0.39, 0.29) is 52.1 Å². The number of carbonyl (C=O) groups is 2. The molecule has 3 fully saturated rings. The van der Waals surface area contributed by atoms with Crippen LogP contribution in [-0.2, 0) is 11.2 Å². The minimum absolute atomic E-state index is 0.000559. The monoisotopic (exact) mass is 464 g/mol. The summed E-state index contributed by atoms with van der Waals surface area (Å²) in [4.78, 5) is 29.3. The molecule has 3 aliphatic carbocycles. The fraction of sp³-hybridized carbons (Fsp3) is 0.545. The number of ether oxygens (including phenoxy) is 1. The first kappa shape index (κ1) is 22.5. The molecule has 0 saturated heterocycles. The Balaban J connectivity index is 1.34. The summed E-state index contributed by atoms with van der Waals surface area (Å²) in [6, 6.07) is 4.06. The molecule has 3 saturated carbocycles. The normalized spacial score (nSPS) is 26.6. The predicted molar refractivity (Wildman–Crippen MR) is 114 cm³/mol. The molecule has 1 unspecified atom stereocenters. The number of carbonyl (C=O) groups excluding carboxylic acids is 2. The highest BCUT2D eigenvalue weighted by Gasteiger charge is 2.54. The topological polar surface area (TPSA) is 106 Å². The summed E-state index contributed by atoms with van der Waals surface area (Å²) >= 11 is 5.67. The molecule has 2 amide bonds. The Hall–Kier alpha value is -2.68. The standard InChI is InChI=1S/C22H26ClFN4O4/c1-3-17-25-20(32-28-17)19(30)27-21-6-8-22(9-7-21,13(2)11-21)26-18(29)12-31-14-4-5-15(23)16(24)10-14/h4-5,10,13H,3,6-9,11-12H2,1-2H3,(H,26,29)(H,27,30). The van der Waals surface area contributed by atoms with Crippen LogP contribution in [-0.4, -0.2) is 39.6 Å². The Morgan fingerprint density at radius 3 is 2.66 bits per heavy atom. The van der Waals surface area contributed by atoms with E-state index >= 15 is 0 Å². The summed E-state index contributed by atoms with van der Waals surface area (Å²) in [5.74, 6) is -0.338. The second-order valence-corrected chi connectivity index (χ2v) is 9.19. The summed E-state index contributed by atoms with van der Waals surface area (Å²) < 4.78 is 24.0. The summed E-state index contributed by atoms with van der Waals surface area (Å²) in [5.41, 5.74) is -0.695. The average molecular weight is 465 g/mol. The van der Waals surface area contributed by atoms with Crippen LogP contribution < -0.4 is 15.4 Å². The summed E-state index contributed by atoms with van der Waals surface area (Å²) in [6.45, 7) is 3.76. The van der Waals surface area contributed by atoms with Crippen molar-refractivity contribution in [3.05, 3.63) is 40.8 Å². The number of fused-ring (bicyclic) bond motifs is 3. The molecule has 172 valence electrons. The number of aryl methyl sites for hydroxylation is 1. The van der Waals surface area contributed by atoms with Crippen LogP contribution in [0.5, 0.6) is 5.75 Å². The van der Waals surface area contributed by atoms with E-state index in [1.165, 1.54) is 12.1 Å². The van der Waals surface area contributed by atoms with Crippen LogP contribution in [0.25, 0.3) is 0 Å². The lowest BCUT2D eigenvalue weighted by molar-refractivity contribution is -0.128. The Labute approximate surface area is 190 Å². The van der Waals surface area contributed by atoms with Gasteiger partial charge < -0.3 is 19.9 Å². The van der Waals surface area contributed by atoms with E-state index in [1.807, 2.05) is 6.92 Å². The molecule has 0 aliphatic heterocycles. The van der Waals surface area contributed by atoms with Crippen molar-refractivity contribution >= 4 is 23.4 Å². The van der Waals surface area contributed by atoms with E-state index in [0.29, 0.717) is 12.2 Å². The lowest BCUT2D eigenvalue weighted by Crippen LogP contribution is -2.67. The minimum Gasteiger partial charge on any atom is -0.484 e. The molecule has 32 heavy (non-hydrogen) atoms. The minimum atomic E-state index is -0.596. The van der Waals surface area contributed by atoms with Gasteiger partial charge in [-0.05, 0) is 50.2 Å². The fourth-order valence-electron chi connectivity index (χ4n) is 4.89. The third-order valence-electron chi connectivity index (χ3n) is 6.75. The zero-order chi connectivity index (χ0) is 22.9. The van der Waals surface area contributed by atoms with Gasteiger partial charge in [0.25, 0.3) is 5.91 Å². The van der Waals surface area contributed by atoms with Crippen molar-refractivity contribution in [3.63, 3.8) is 0 Å². The molecule has 3 aliphatic rings. The second kappa shape index (κ2) is 8.69. The lowest BCUT2D eigenvalue weighted by Gasteiger charge is -2.57. The zero-order valence-corrected chi connectivity index (χ0v) is 18.8. The number of hydrogen-bond donors (Lipinski definition) is 2. The van der Waals surface area contributed by atoms with E-state index in [4.69, 9.17) is 20.9 Å². The Kier molecular flexibility index (Phi) is 6.11. The number of rotatable bonds is 7. The van der Waals surface area contributed by atoms with Gasteiger partial charge in [-0.15, -0.1) is 0 Å². The number of hydrogen-bond acceptors (Lipinski definition) is 6. The lowest BCUT2D eigenvalue weighted by atomic mass is 9.56. The van der Waals surface area contributed by atoms with Gasteiger partial charge in [0.05, 0.1) is 5.02 Å². The largest absolute Gasteiger partial charge is 0.484 e. The molecule has 1 atom stereocenters. The number of nitrogens with one attached hydrogen (secondary N) is 2. The van der Waals surface area contributed by atoms with E-state index in [0.717, 1.165) is 38.2 Å². The molecule has 1 aromatic heterocycles. The maximum atomic E-state index is 13.5. The second-order valence-electron chi connectivity index (χ2n) is 8.78. The molecule has 0 spiro atoms. The fourth-order valence-corrected chi connectivity index (χ4v) is 5.01. The maximum Gasteiger partial charge on any atom is 0.315 e. The molecule has 8 nitrogen and oxygen atoms in total. The van der Waals surface area contributed by atoms with Crippen LogP contribution in [0.1, 0.15) is 62.5 Å². The molecule has 0 radical (unpaired) electrons. The Morgan fingerprint density at radius 2 is 2.03 bits per heavy atom. The molecule has 2 N–H and O–H groups in total. The Bertz CT molecular complexity index is 1020. The first-order valence-corrected chi connectivity index (χ1v) is 11.2. The Morgan fingerprint density at radius 1 is 1.28 bits per heavy atom. The third kappa shape index (κ3) is 4.44. The van der Waals surface area contributed by atoms with Crippen LogP contribution in [0.15, 0.2) is 22.7 Å². The van der Waals surface area contributed by atoms with Gasteiger partial charge in [0, 0.05) is 23.6 Å². The van der Waals surface area contributed by atoms with E-state index in [9.17, 15) is 14.0 Å². The molecule has 5 rings (SSSR count). The van der Waals surface area contributed by atoms with E-state index in [2.05, 4.69) is 27.7 Å². The van der Waals surface area contributed by atoms with Gasteiger partial charge in [-0.3, -0.25) is 9.59 Å². The highest BCUT2D eigenvalue weighted by molar-refractivity contribution is 6.30. The number of benzene rings is 1. The molecule has 2 aromatic rings. The SMILES string of the molecule is CCc1noc(C(=O)NC23CCC(NC(=O)COc4ccc(Cl)c(F)c4)(CC2)C(C)C3)n1. The average Bonchev–Trinajstić information content (AvgIpc) is 3.25. The number of amides is 2. The smallest absolute Gasteiger partial charge is 0.315 e. The molecule has 2 bridgehead atoms.